The van der Waals surface area contributed by atoms with Crippen LogP contribution in [0.5, 0.6) is 11.6 Å². The van der Waals surface area contributed by atoms with E-state index in [-0.39, 0.29) is 33.9 Å². The number of amides is 1. The molecule has 4 rings (SSSR count). The SMILES string of the molecule is CCCNC(=O)c1nn(-c2ccccc2)c(Oc2ccc([N+](=O)[O-])cc2S(=O)(=O)NC2CC2)c1C. The van der Waals surface area contributed by atoms with E-state index in [1.807, 2.05) is 13.0 Å². The van der Waals surface area contributed by atoms with Crippen molar-refractivity contribution < 1.29 is 22.9 Å². The van der Waals surface area contributed by atoms with E-state index in [2.05, 4.69) is 15.1 Å². The Kier molecular flexibility index (Phi) is 6.85. The van der Waals surface area contributed by atoms with Gasteiger partial charge >= 0.3 is 0 Å². The van der Waals surface area contributed by atoms with Crippen LogP contribution in [0.1, 0.15) is 42.2 Å². The normalized spacial score (nSPS) is 13.4. The second kappa shape index (κ2) is 9.84. The fourth-order valence-electron chi connectivity index (χ4n) is 3.38. The number of hydrogen-bond donors (Lipinski definition) is 2. The first kappa shape index (κ1) is 24.4. The maximum atomic E-state index is 13.0. The van der Waals surface area contributed by atoms with Crippen LogP contribution in [0.15, 0.2) is 53.4 Å². The van der Waals surface area contributed by atoms with Crippen molar-refractivity contribution in [2.75, 3.05) is 6.54 Å². The maximum absolute atomic E-state index is 13.0. The molecule has 1 aliphatic rings. The lowest BCUT2D eigenvalue weighted by atomic mass is 10.2. The summed E-state index contributed by atoms with van der Waals surface area (Å²) in [4.78, 5) is 23.0. The Bertz CT molecular complexity index is 1370. The number of nitro groups is 1. The number of ether oxygens (including phenoxy) is 1. The molecule has 1 aliphatic carbocycles. The Morgan fingerprint density at radius 2 is 1.94 bits per heavy atom. The number of nitrogens with one attached hydrogen (secondary N) is 2. The van der Waals surface area contributed by atoms with Gasteiger partial charge in [-0.1, -0.05) is 25.1 Å². The van der Waals surface area contributed by atoms with Gasteiger partial charge in [-0.05, 0) is 44.4 Å². The highest BCUT2D eigenvalue weighted by atomic mass is 32.2. The Balaban J connectivity index is 1.82. The number of carbonyl (C=O) groups excluding carboxylic acids is 1. The first-order valence-corrected chi connectivity index (χ1v) is 12.6. The van der Waals surface area contributed by atoms with Crippen LogP contribution in [-0.4, -0.2) is 41.6 Å². The van der Waals surface area contributed by atoms with E-state index in [4.69, 9.17) is 4.74 Å². The molecule has 1 saturated carbocycles. The number of aromatic nitrogens is 2. The van der Waals surface area contributed by atoms with Gasteiger partial charge < -0.3 is 10.1 Å². The number of nitro benzene ring substituents is 1. The van der Waals surface area contributed by atoms with Crippen LogP contribution in [0.2, 0.25) is 0 Å². The van der Waals surface area contributed by atoms with Gasteiger partial charge in [-0.3, -0.25) is 14.9 Å². The maximum Gasteiger partial charge on any atom is 0.272 e. The number of benzene rings is 2. The average molecular weight is 500 g/mol. The van der Waals surface area contributed by atoms with Crippen molar-refractivity contribution in [2.45, 2.75) is 44.0 Å². The highest BCUT2D eigenvalue weighted by molar-refractivity contribution is 7.89. The Morgan fingerprint density at radius 3 is 2.57 bits per heavy atom. The summed E-state index contributed by atoms with van der Waals surface area (Å²) >= 11 is 0. The van der Waals surface area contributed by atoms with Crippen molar-refractivity contribution in [3.63, 3.8) is 0 Å². The summed E-state index contributed by atoms with van der Waals surface area (Å²) in [7, 11) is -4.10. The molecule has 3 aromatic rings. The van der Waals surface area contributed by atoms with Crippen molar-refractivity contribution in [1.82, 2.24) is 19.8 Å². The van der Waals surface area contributed by atoms with Gasteiger partial charge in [0.05, 0.1) is 10.6 Å². The second-order valence-corrected chi connectivity index (χ2v) is 9.85. The molecule has 1 amide bonds. The monoisotopic (exact) mass is 499 g/mol. The smallest absolute Gasteiger partial charge is 0.272 e. The molecular weight excluding hydrogens is 474 g/mol. The van der Waals surface area contributed by atoms with Crippen molar-refractivity contribution in [3.8, 4) is 17.3 Å². The summed E-state index contributed by atoms with van der Waals surface area (Å²) in [5.41, 5.74) is 0.711. The van der Waals surface area contributed by atoms with Gasteiger partial charge in [-0.15, -0.1) is 0 Å². The Hall–Kier alpha value is -3.77. The lowest BCUT2D eigenvalue weighted by molar-refractivity contribution is -0.385. The number of hydrogen-bond acceptors (Lipinski definition) is 7. The summed E-state index contributed by atoms with van der Waals surface area (Å²) in [6.45, 7) is 4.03. The third-order valence-electron chi connectivity index (χ3n) is 5.35. The first-order valence-electron chi connectivity index (χ1n) is 11.1. The molecule has 1 aromatic heterocycles. The zero-order chi connectivity index (χ0) is 25.2. The largest absolute Gasteiger partial charge is 0.437 e. The third kappa shape index (κ3) is 5.33. The molecule has 35 heavy (non-hydrogen) atoms. The molecule has 2 aromatic carbocycles. The summed E-state index contributed by atoms with van der Waals surface area (Å²) in [6, 6.07) is 12.1. The first-order chi connectivity index (χ1) is 16.7. The standard InChI is InChI=1S/C23H25N5O6S/c1-3-13-24-22(29)21-15(2)23(27(25-21)17-7-5-4-6-8-17)34-19-12-11-18(28(30)31)14-20(19)35(32,33)26-16-9-10-16/h4-8,11-12,14,16,26H,3,9-10,13H2,1-2H3,(H,24,29). The highest BCUT2D eigenvalue weighted by Crippen LogP contribution is 2.36. The molecule has 11 nitrogen and oxygen atoms in total. The molecule has 0 atom stereocenters. The third-order valence-corrected chi connectivity index (χ3v) is 6.89. The van der Waals surface area contributed by atoms with E-state index < -0.39 is 20.9 Å². The minimum atomic E-state index is -4.10. The van der Waals surface area contributed by atoms with Crippen molar-refractivity contribution in [2.24, 2.45) is 0 Å². The van der Waals surface area contributed by atoms with Crippen LogP contribution < -0.4 is 14.8 Å². The Labute approximate surface area is 202 Å². The predicted molar refractivity (Wildman–Crippen MR) is 127 cm³/mol. The highest BCUT2D eigenvalue weighted by Gasteiger charge is 2.32. The van der Waals surface area contributed by atoms with Crippen LogP contribution in [0.3, 0.4) is 0 Å². The van der Waals surface area contributed by atoms with Crippen LogP contribution in [0.25, 0.3) is 5.69 Å². The molecule has 0 unspecified atom stereocenters. The number of rotatable bonds is 10. The van der Waals surface area contributed by atoms with Gasteiger partial charge in [0.25, 0.3) is 11.6 Å². The molecule has 0 radical (unpaired) electrons. The topological polar surface area (TPSA) is 145 Å². The van der Waals surface area contributed by atoms with E-state index in [1.54, 1.807) is 31.2 Å². The predicted octanol–water partition coefficient (Wildman–Crippen LogP) is 3.46. The molecule has 0 saturated heterocycles. The molecular formula is C23H25N5O6S. The van der Waals surface area contributed by atoms with E-state index in [1.165, 1.54) is 16.8 Å². The molecule has 184 valence electrons. The Morgan fingerprint density at radius 1 is 1.23 bits per heavy atom. The fraction of sp³-hybridized carbons (Fsp3) is 0.304. The van der Waals surface area contributed by atoms with Gasteiger partial charge in [-0.2, -0.15) is 9.78 Å². The molecule has 1 fully saturated rings. The minimum Gasteiger partial charge on any atom is -0.437 e. The number of carbonyl (C=O) groups is 1. The number of para-hydroxylation sites is 1. The summed E-state index contributed by atoms with van der Waals surface area (Å²) < 4.78 is 36.1. The molecule has 1 heterocycles. The van der Waals surface area contributed by atoms with Crippen molar-refractivity contribution >= 4 is 21.6 Å². The van der Waals surface area contributed by atoms with Crippen LogP contribution in [-0.2, 0) is 10.0 Å². The molecule has 2 N–H and O–H groups in total. The number of nitrogens with zero attached hydrogens (tertiary/aromatic N) is 3. The fourth-order valence-corrected chi connectivity index (χ4v) is 4.83. The lowest BCUT2D eigenvalue weighted by Gasteiger charge is -2.14. The molecule has 0 aliphatic heterocycles. The van der Waals surface area contributed by atoms with Gasteiger partial charge in [0.15, 0.2) is 5.69 Å². The lowest BCUT2D eigenvalue weighted by Crippen LogP contribution is -2.26. The summed E-state index contributed by atoms with van der Waals surface area (Å²) in [6.07, 6.45) is 2.13. The van der Waals surface area contributed by atoms with Crippen LogP contribution >= 0.6 is 0 Å². The van der Waals surface area contributed by atoms with Gasteiger partial charge in [-0.25, -0.2) is 13.1 Å². The van der Waals surface area contributed by atoms with Crippen molar-refractivity contribution in [3.05, 3.63) is 69.9 Å². The molecule has 0 bridgehead atoms. The van der Waals surface area contributed by atoms with E-state index in [9.17, 15) is 23.3 Å². The van der Waals surface area contributed by atoms with Gasteiger partial charge in [0, 0.05) is 30.3 Å². The van der Waals surface area contributed by atoms with E-state index in [0.717, 1.165) is 12.5 Å². The molecule has 12 heteroatoms. The van der Waals surface area contributed by atoms with E-state index >= 15 is 0 Å². The van der Waals surface area contributed by atoms with Gasteiger partial charge in [0.1, 0.15) is 10.6 Å². The second-order valence-electron chi connectivity index (χ2n) is 8.17. The quantitative estimate of drug-likeness (QED) is 0.321. The zero-order valence-electron chi connectivity index (χ0n) is 19.2. The summed E-state index contributed by atoms with van der Waals surface area (Å²) in [5, 5.41) is 18.5. The van der Waals surface area contributed by atoms with Crippen LogP contribution in [0, 0.1) is 17.0 Å². The number of sulfonamides is 1. The van der Waals surface area contributed by atoms with Gasteiger partial charge in [0.2, 0.25) is 15.9 Å². The van der Waals surface area contributed by atoms with E-state index in [0.29, 0.717) is 30.6 Å². The minimum absolute atomic E-state index is 0.120. The molecule has 0 spiro atoms. The van der Waals surface area contributed by atoms with Crippen molar-refractivity contribution in [1.29, 1.82) is 0 Å². The zero-order valence-corrected chi connectivity index (χ0v) is 20.0. The number of non-ortho nitro benzene ring substituents is 1. The summed E-state index contributed by atoms with van der Waals surface area (Å²) in [5.74, 6) is -0.394. The average Bonchev–Trinajstić information content (AvgIpc) is 3.59. The van der Waals surface area contributed by atoms with Crippen LogP contribution in [0.4, 0.5) is 5.69 Å².